The largest absolute Gasteiger partial charge is 0.236 e. The molecule has 0 saturated carbocycles. The maximum Gasteiger partial charge on any atom is 0.236 e. The molecule has 0 aliphatic rings. The van der Waals surface area contributed by atoms with E-state index < -0.39 is 4.65 Å². The molecule has 5 heavy (non-hydrogen) atoms. The van der Waals surface area contributed by atoms with Gasteiger partial charge in [-0.05, 0) is 0 Å². The summed E-state index contributed by atoms with van der Waals surface area (Å²) in [6.07, 6.45) is 0. The summed E-state index contributed by atoms with van der Waals surface area (Å²) in [5, 5.41) is 0. The summed E-state index contributed by atoms with van der Waals surface area (Å²) in [7, 11) is 5.30. The zero-order valence-corrected chi connectivity index (χ0v) is 8.89. The molecule has 0 heterocycles. The monoisotopic (exact) mass is 252 g/mol. The zero-order chi connectivity index (χ0) is 4.50. The smallest absolute Gasteiger partial charge is 0.122 e. The van der Waals surface area contributed by atoms with E-state index in [1.807, 2.05) is 0 Å². The minimum Gasteiger partial charge on any atom is -0.122 e. The molecular formula is H4Br2P2Si. The number of hydrogen-bond acceptors (Lipinski definition) is 0. The third kappa shape index (κ3) is 23.7. The van der Waals surface area contributed by atoms with Crippen LogP contribution in [0.1, 0.15) is 0 Å². The predicted molar refractivity (Wildman–Crippen MR) is 43.0 cm³/mol. The molecule has 0 rings (SSSR count). The van der Waals surface area contributed by atoms with Crippen LogP contribution in [0, 0.1) is 0 Å². The molecule has 32 valence electrons. The summed E-state index contributed by atoms with van der Waals surface area (Å²) >= 11 is 6.71. The van der Waals surface area contributed by atoms with Crippen LogP contribution in [0.5, 0.6) is 0 Å². The fraction of sp³-hybridized carbons (Fsp3) is 0. The molecule has 0 radical (unpaired) electrons. The molecule has 0 N–H and O–H groups in total. The van der Waals surface area contributed by atoms with Gasteiger partial charge in [-0.25, -0.2) is 0 Å². The van der Waals surface area contributed by atoms with Gasteiger partial charge in [-0.3, -0.25) is 0 Å². The van der Waals surface area contributed by atoms with Crippen LogP contribution in [0.4, 0.5) is 0 Å². The van der Waals surface area contributed by atoms with Gasteiger partial charge in [-0.15, -0.1) is 48.2 Å². The third-order valence-corrected chi connectivity index (χ3v) is 0. The van der Waals surface area contributed by atoms with Gasteiger partial charge in [-0.2, -0.15) is 0 Å². The molecule has 0 fully saturated rings. The van der Waals surface area contributed by atoms with Gasteiger partial charge >= 0.3 is 0 Å². The molecule has 5 heteroatoms. The molecule has 0 aromatic carbocycles. The lowest BCUT2D eigenvalue weighted by Crippen LogP contribution is -1.86. The van der Waals surface area contributed by atoms with E-state index in [0.29, 0.717) is 0 Å². The minimum atomic E-state index is -1.15. The molecule has 0 aromatic rings. The maximum atomic E-state index is 3.36. The summed E-state index contributed by atoms with van der Waals surface area (Å²) in [4.78, 5) is 0. The Bertz CT molecular complexity index is 23.1. The highest BCUT2D eigenvalue weighted by Crippen LogP contribution is 2.33. The van der Waals surface area contributed by atoms with Gasteiger partial charge in [-0.1, -0.05) is 0 Å². The van der Waals surface area contributed by atoms with Gasteiger partial charge < -0.3 is 0 Å². The number of rotatable bonds is 0. The van der Waals surface area contributed by atoms with E-state index in [1.54, 1.807) is 0 Å². The minimum absolute atomic E-state index is 1.15. The van der Waals surface area contributed by atoms with Crippen molar-refractivity contribution in [2.75, 3.05) is 0 Å². The first-order valence-corrected chi connectivity index (χ1v) is 11.1. The van der Waals surface area contributed by atoms with Crippen molar-refractivity contribution in [2.45, 2.75) is 0 Å². The van der Waals surface area contributed by atoms with Gasteiger partial charge in [0.25, 0.3) is 0 Å². The highest BCUT2D eigenvalue weighted by molar-refractivity contribution is 9.58. The standard InChI is InChI=1S/Br2H4P2Si/c1-5(2,3)4/h3-4H2. The van der Waals surface area contributed by atoms with E-state index in [1.165, 1.54) is 0 Å². The van der Waals surface area contributed by atoms with E-state index in [-0.39, 0.29) is 0 Å². The van der Waals surface area contributed by atoms with E-state index >= 15 is 0 Å². The lowest BCUT2D eigenvalue weighted by Gasteiger charge is -1.94. The molecule has 0 aromatic heterocycles. The van der Waals surface area contributed by atoms with Gasteiger partial charge in [0.1, 0.15) is 0 Å². The number of halogens is 2. The van der Waals surface area contributed by atoms with E-state index in [9.17, 15) is 0 Å². The molecule has 0 aliphatic heterocycles. The predicted octanol–water partition coefficient (Wildman–Crippen LogP) is 1.96. The SMILES string of the molecule is P[Si](P)(Br)Br. The van der Waals surface area contributed by atoms with E-state index in [4.69, 9.17) is 0 Å². The first-order valence-electron chi connectivity index (χ1n) is 0.955. The molecular weight excluding hydrogens is 250 g/mol. The van der Waals surface area contributed by atoms with Gasteiger partial charge in [0.15, 0.2) is 0 Å². The van der Waals surface area contributed by atoms with Crippen LogP contribution in [0.25, 0.3) is 0 Å². The number of hydrogen-bond donors (Lipinski definition) is 0. The Morgan fingerprint density at radius 1 is 1.20 bits per heavy atom. The summed E-state index contributed by atoms with van der Waals surface area (Å²) < 4.78 is -1.15. The van der Waals surface area contributed by atoms with Crippen LogP contribution in [0.2, 0.25) is 0 Å². The fourth-order valence-corrected chi connectivity index (χ4v) is 0. The van der Waals surface area contributed by atoms with Crippen molar-refractivity contribution in [2.24, 2.45) is 0 Å². The Morgan fingerprint density at radius 3 is 1.20 bits per heavy atom. The Balaban J connectivity index is 3.02. The van der Waals surface area contributed by atoms with Gasteiger partial charge in [0.05, 0.1) is 0 Å². The summed E-state index contributed by atoms with van der Waals surface area (Å²) in [6, 6.07) is 0. The summed E-state index contributed by atoms with van der Waals surface area (Å²) in [5.74, 6) is 0. The average Bonchev–Trinajstić information content (AvgIpc) is 0.722. The Morgan fingerprint density at radius 2 is 1.20 bits per heavy atom. The second-order valence-electron chi connectivity index (χ2n) is 0.675. The Kier molecular flexibility index (Phi) is 3.34. The van der Waals surface area contributed by atoms with Crippen molar-refractivity contribution < 1.29 is 0 Å². The van der Waals surface area contributed by atoms with Crippen LogP contribution < -0.4 is 0 Å². The highest BCUT2D eigenvalue weighted by Gasteiger charge is 2.07. The van der Waals surface area contributed by atoms with Crippen molar-refractivity contribution in [3.05, 3.63) is 0 Å². The van der Waals surface area contributed by atoms with Crippen LogP contribution >= 0.6 is 48.2 Å². The molecule has 0 bridgehead atoms. The Hall–Kier alpha value is 2.04. The molecule has 0 nitrogen and oxygen atoms in total. The highest BCUT2D eigenvalue weighted by atomic mass is 79.9. The molecule has 0 spiro atoms. The lowest BCUT2D eigenvalue weighted by molar-refractivity contribution is 4.48. The topological polar surface area (TPSA) is 0 Å². The third-order valence-electron chi connectivity index (χ3n) is 0. The lowest BCUT2D eigenvalue weighted by atomic mass is 27.5. The van der Waals surface area contributed by atoms with Crippen LogP contribution in [0.3, 0.4) is 0 Å². The van der Waals surface area contributed by atoms with Crippen molar-refractivity contribution in [1.29, 1.82) is 0 Å². The quantitative estimate of drug-likeness (QED) is 0.352. The first kappa shape index (κ1) is 7.04. The van der Waals surface area contributed by atoms with Crippen molar-refractivity contribution >= 4 is 52.8 Å². The van der Waals surface area contributed by atoms with Gasteiger partial charge in [0.2, 0.25) is 4.65 Å². The van der Waals surface area contributed by atoms with E-state index in [0.717, 1.165) is 0 Å². The van der Waals surface area contributed by atoms with E-state index in [2.05, 4.69) is 48.2 Å². The van der Waals surface area contributed by atoms with Crippen molar-refractivity contribution in [3.63, 3.8) is 0 Å². The van der Waals surface area contributed by atoms with Crippen molar-refractivity contribution in [1.82, 2.24) is 0 Å². The molecule has 0 saturated heterocycles. The van der Waals surface area contributed by atoms with Gasteiger partial charge in [0, 0.05) is 0 Å². The second-order valence-corrected chi connectivity index (χ2v) is 30.7. The van der Waals surface area contributed by atoms with Crippen molar-refractivity contribution in [3.8, 4) is 0 Å². The van der Waals surface area contributed by atoms with Crippen LogP contribution in [-0.2, 0) is 0 Å². The van der Waals surface area contributed by atoms with Crippen LogP contribution in [0.15, 0.2) is 0 Å². The summed E-state index contributed by atoms with van der Waals surface area (Å²) in [6.45, 7) is 0. The van der Waals surface area contributed by atoms with Crippen LogP contribution in [-0.4, -0.2) is 4.65 Å². The normalized spacial score (nSPS) is 12.0. The average molecular weight is 254 g/mol. The fourth-order valence-electron chi connectivity index (χ4n) is 0. The molecule has 0 amide bonds. The summed E-state index contributed by atoms with van der Waals surface area (Å²) in [5.41, 5.74) is 0. The molecule has 2 unspecified atom stereocenters. The Labute approximate surface area is 52.8 Å². The molecule has 0 aliphatic carbocycles. The maximum absolute atomic E-state index is 3.36. The first-order chi connectivity index (χ1) is 2.00. The zero-order valence-electron chi connectivity index (χ0n) is 2.41. The molecule has 2 atom stereocenters. The second kappa shape index (κ2) is 2.37.